The maximum Gasteiger partial charge on any atom is 0.258 e. The Morgan fingerprint density at radius 2 is 2.10 bits per heavy atom. The largest absolute Gasteiger partial charge is 0.461 e. The van der Waals surface area contributed by atoms with Crippen LogP contribution in [0.3, 0.4) is 0 Å². The highest BCUT2D eigenvalue weighted by atomic mass is 16.3. The molecule has 1 aromatic heterocycles. The zero-order valence-electron chi connectivity index (χ0n) is 11.2. The van der Waals surface area contributed by atoms with E-state index in [2.05, 4.69) is 11.9 Å². The standard InChI is InChI=1S/C15H16N2O3/c1-3-4-10-5-6-11(20-10)7-12-9(2)13(8-16)15(19)17-14(12)18/h3,5-7H,1,4,8,16H2,2H3,(H,17,18,19)/b12-7-. The molecule has 1 aromatic rings. The predicted molar refractivity (Wildman–Crippen MR) is 75.5 cm³/mol. The number of carbonyl (C=O) groups excluding carboxylic acids is 2. The van der Waals surface area contributed by atoms with Crippen LogP contribution in [-0.2, 0) is 16.0 Å². The van der Waals surface area contributed by atoms with Gasteiger partial charge in [-0.05, 0) is 30.7 Å². The Labute approximate surface area is 116 Å². The van der Waals surface area contributed by atoms with Gasteiger partial charge in [0.2, 0.25) is 0 Å². The molecule has 0 aliphatic carbocycles. The van der Waals surface area contributed by atoms with Crippen LogP contribution in [0.2, 0.25) is 0 Å². The second-order valence-corrected chi connectivity index (χ2v) is 4.45. The number of hydrogen-bond acceptors (Lipinski definition) is 4. The Kier molecular flexibility index (Phi) is 4.00. The highest BCUT2D eigenvalue weighted by molar-refractivity contribution is 6.18. The minimum absolute atomic E-state index is 0.0855. The van der Waals surface area contributed by atoms with Crippen LogP contribution in [0.4, 0.5) is 0 Å². The van der Waals surface area contributed by atoms with E-state index < -0.39 is 11.8 Å². The Morgan fingerprint density at radius 1 is 1.35 bits per heavy atom. The van der Waals surface area contributed by atoms with Gasteiger partial charge in [0.25, 0.3) is 11.8 Å². The maximum absolute atomic E-state index is 11.9. The molecular weight excluding hydrogens is 256 g/mol. The number of nitrogens with two attached hydrogens (primary N) is 1. The third-order valence-corrected chi connectivity index (χ3v) is 3.12. The molecule has 1 aliphatic rings. The van der Waals surface area contributed by atoms with Crippen molar-refractivity contribution in [2.75, 3.05) is 6.54 Å². The summed E-state index contributed by atoms with van der Waals surface area (Å²) in [7, 11) is 0. The van der Waals surface area contributed by atoms with E-state index in [1.165, 1.54) is 0 Å². The number of allylic oxidation sites excluding steroid dienone is 1. The fourth-order valence-electron chi connectivity index (χ4n) is 2.03. The van der Waals surface area contributed by atoms with E-state index in [9.17, 15) is 9.59 Å². The van der Waals surface area contributed by atoms with E-state index >= 15 is 0 Å². The van der Waals surface area contributed by atoms with Gasteiger partial charge in [0.15, 0.2) is 0 Å². The Bertz CT molecular complexity index is 635. The number of rotatable bonds is 4. The summed E-state index contributed by atoms with van der Waals surface area (Å²) < 4.78 is 5.55. The average Bonchev–Trinajstić information content (AvgIpc) is 2.83. The summed E-state index contributed by atoms with van der Waals surface area (Å²) in [5.74, 6) is 0.446. The number of furan rings is 1. The highest BCUT2D eigenvalue weighted by Gasteiger charge is 2.26. The van der Waals surface area contributed by atoms with Crippen molar-refractivity contribution < 1.29 is 14.0 Å². The molecule has 5 nitrogen and oxygen atoms in total. The van der Waals surface area contributed by atoms with Gasteiger partial charge in [0.1, 0.15) is 11.5 Å². The van der Waals surface area contributed by atoms with E-state index in [0.29, 0.717) is 28.9 Å². The highest BCUT2D eigenvalue weighted by Crippen LogP contribution is 2.22. The zero-order chi connectivity index (χ0) is 14.7. The lowest BCUT2D eigenvalue weighted by molar-refractivity contribution is -0.126. The summed E-state index contributed by atoms with van der Waals surface area (Å²) >= 11 is 0. The lowest BCUT2D eigenvalue weighted by atomic mass is 9.95. The molecule has 3 N–H and O–H groups in total. The van der Waals surface area contributed by atoms with Crippen LogP contribution in [0.25, 0.3) is 6.08 Å². The van der Waals surface area contributed by atoms with Crippen LogP contribution in [0.15, 0.2) is 45.9 Å². The fourth-order valence-corrected chi connectivity index (χ4v) is 2.03. The summed E-state index contributed by atoms with van der Waals surface area (Å²) in [6.07, 6.45) is 3.97. The summed E-state index contributed by atoms with van der Waals surface area (Å²) in [6.45, 7) is 5.43. The van der Waals surface area contributed by atoms with Crippen molar-refractivity contribution in [1.29, 1.82) is 0 Å². The number of amides is 2. The van der Waals surface area contributed by atoms with Gasteiger partial charge in [-0.3, -0.25) is 14.9 Å². The molecule has 104 valence electrons. The van der Waals surface area contributed by atoms with E-state index in [4.69, 9.17) is 10.2 Å². The smallest absolute Gasteiger partial charge is 0.258 e. The molecule has 0 unspecified atom stereocenters. The van der Waals surface area contributed by atoms with Crippen molar-refractivity contribution in [3.63, 3.8) is 0 Å². The van der Waals surface area contributed by atoms with Crippen LogP contribution in [0, 0.1) is 0 Å². The molecule has 0 saturated heterocycles. The molecule has 0 aromatic carbocycles. The van der Waals surface area contributed by atoms with Crippen LogP contribution in [-0.4, -0.2) is 18.4 Å². The first kappa shape index (κ1) is 14.0. The van der Waals surface area contributed by atoms with Gasteiger partial charge in [0, 0.05) is 24.1 Å². The monoisotopic (exact) mass is 272 g/mol. The van der Waals surface area contributed by atoms with Crippen molar-refractivity contribution in [3.05, 3.63) is 53.0 Å². The topological polar surface area (TPSA) is 85.3 Å². The molecule has 2 amide bonds. The molecule has 5 heteroatoms. The summed E-state index contributed by atoms with van der Waals surface area (Å²) in [6, 6.07) is 3.59. The van der Waals surface area contributed by atoms with Crippen LogP contribution in [0.5, 0.6) is 0 Å². The van der Waals surface area contributed by atoms with Crippen molar-refractivity contribution in [1.82, 2.24) is 5.32 Å². The minimum atomic E-state index is -0.439. The van der Waals surface area contributed by atoms with Gasteiger partial charge in [0.05, 0.1) is 0 Å². The zero-order valence-corrected chi connectivity index (χ0v) is 11.2. The van der Waals surface area contributed by atoms with Gasteiger partial charge >= 0.3 is 0 Å². The summed E-state index contributed by atoms with van der Waals surface area (Å²) in [5.41, 5.74) is 6.93. The van der Waals surface area contributed by atoms with Gasteiger partial charge in [-0.25, -0.2) is 0 Å². The first-order chi connectivity index (χ1) is 9.56. The fraction of sp³-hybridized carbons (Fsp3) is 0.200. The molecule has 0 spiro atoms. The van der Waals surface area contributed by atoms with Crippen LogP contribution >= 0.6 is 0 Å². The van der Waals surface area contributed by atoms with E-state index in [1.807, 2.05) is 6.07 Å². The normalized spacial score (nSPS) is 17.6. The third-order valence-electron chi connectivity index (χ3n) is 3.12. The molecule has 1 aliphatic heterocycles. The van der Waals surface area contributed by atoms with Crippen LogP contribution < -0.4 is 11.1 Å². The lowest BCUT2D eigenvalue weighted by Crippen LogP contribution is -2.39. The van der Waals surface area contributed by atoms with E-state index in [0.717, 1.165) is 5.76 Å². The number of imide groups is 1. The Balaban J connectivity index is 2.40. The number of nitrogens with one attached hydrogen (secondary N) is 1. The van der Waals surface area contributed by atoms with Crippen molar-refractivity contribution >= 4 is 17.9 Å². The molecule has 0 radical (unpaired) electrons. The van der Waals surface area contributed by atoms with Gasteiger partial charge in [-0.2, -0.15) is 0 Å². The van der Waals surface area contributed by atoms with E-state index in [-0.39, 0.29) is 6.54 Å². The SMILES string of the molecule is C=CCc1ccc(/C=C2\C(=O)NC(=O)C(CN)=C2C)o1. The second kappa shape index (κ2) is 5.71. The first-order valence-corrected chi connectivity index (χ1v) is 6.24. The molecule has 0 atom stereocenters. The maximum atomic E-state index is 11.9. The summed E-state index contributed by atoms with van der Waals surface area (Å²) in [4.78, 5) is 23.5. The van der Waals surface area contributed by atoms with Crippen molar-refractivity contribution in [2.24, 2.45) is 5.73 Å². The quantitative estimate of drug-likeness (QED) is 0.492. The van der Waals surface area contributed by atoms with Crippen molar-refractivity contribution in [2.45, 2.75) is 13.3 Å². The predicted octanol–water partition coefficient (Wildman–Crippen LogP) is 1.32. The molecular formula is C15H16N2O3. The molecule has 2 rings (SSSR count). The molecule has 0 fully saturated rings. The summed E-state index contributed by atoms with van der Waals surface area (Å²) in [5, 5.41) is 2.27. The van der Waals surface area contributed by atoms with Crippen molar-refractivity contribution in [3.8, 4) is 0 Å². The van der Waals surface area contributed by atoms with Gasteiger partial charge in [-0.1, -0.05) is 6.08 Å². The minimum Gasteiger partial charge on any atom is -0.461 e. The van der Waals surface area contributed by atoms with Gasteiger partial charge in [-0.15, -0.1) is 6.58 Å². The number of hydrogen-bond donors (Lipinski definition) is 2. The molecule has 0 bridgehead atoms. The molecule has 0 saturated carbocycles. The average molecular weight is 272 g/mol. The molecule has 2 heterocycles. The lowest BCUT2D eigenvalue weighted by Gasteiger charge is -2.18. The third kappa shape index (κ3) is 2.62. The van der Waals surface area contributed by atoms with Crippen LogP contribution in [0.1, 0.15) is 18.4 Å². The Morgan fingerprint density at radius 3 is 2.75 bits per heavy atom. The first-order valence-electron chi connectivity index (χ1n) is 6.24. The van der Waals surface area contributed by atoms with Gasteiger partial charge < -0.3 is 10.2 Å². The number of carbonyl (C=O) groups is 2. The Hall–Kier alpha value is -2.40. The second-order valence-electron chi connectivity index (χ2n) is 4.45. The molecule has 20 heavy (non-hydrogen) atoms. The van der Waals surface area contributed by atoms with E-state index in [1.54, 1.807) is 25.1 Å².